The Morgan fingerprint density at radius 3 is 1.88 bits per heavy atom. The van der Waals surface area contributed by atoms with Gasteiger partial charge in [-0.25, -0.2) is 31.5 Å². The molecule has 6 nitrogen and oxygen atoms in total. The smallest absolute Gasteiger partial charge is 0.410 e. The summed E-state index contributed by atoms with van der Waals surface area (Å²) in [5, 5.41) is 10.3. The van der Waals surface area contributed by atoms with Gasteiger partial charge in [0.1, 0.15) is 16.9 Å². The zero-order chi connectivity index (χ0) is 24.4. The van der Waals surface area contributed by atoms with Crippen molar-refractivity contribution >= 4 is 12.1 Å². The number of hydrogen-bond acceptors (Lipinski definition) is 5. The first kappa shape index (κ1) is 25.1. The van der Waals surface area contributed by atoms with Crippen LogP contribution in [0.2, 0.25) is 0 Å². The maximum Gasteiger partial charge on any atom is 0.410 e. The van der Waals surface area contributed by atoms with Gasteiger partial charge in [0, 0.05) is 7.05 Å². The third kappa shape index (κ3) is 5.72. The molecular formula is C21H20F5NO5. The Hall–Kier alpha value is -3.21. The van der Waals surface area contributed by atoms with Crippen LogP contribution in [-0.2, 0) is 4.74 Å². The topological polar surface area (TPSA) is 76.1 Å². The fourth-order valence-electron chi connectivity index (χ4n) is 2.48. The average Bonchev–Trinajstić information content (AvgIpc) is 2.70. The number of nitrogens with zero attached hydrogens (tertiary/aromatic N) is 1. The summed E-state index contributed by atoms with van der Waals surface area (Å²) in [6.45, 7) is 4.91. The predicted molar refractivity (Wildman–Crippen MR) is 101 cm³/mol. The lowest BCUT2D eigenvalue weighted by Crippen LogP contribution is -2.36. The summed E-state index contributed by atoms with van der Waals surface area (Å²) in [5.41, 5.74) is -2.17. The first-order chi connectivity index (χ1) is 14.7. The Morgan fingerprint density at radius 2 is 1.41 bits per heavy atom. The Bertz CT molecular complexity index is 992. The summed E-state index contributed by atoms with van der Waals surface area (Å²) in [7, 11) is 1.41. The molecule has 0 radical (unpaired) electrons. The number of amides is 1. The van der Waals surface area contributed by atoms with Crippen molar-refractivity contribution in [1.82, 2.24) is 4.90 Å². The highest BCUT2D eigenvalue weighted by Crippen LogP contribution is 2.25. The normalized spacial score (nSPS) is 12.3. The quantitative estimate of drug-likeness (QED) is 0.233. The fraction of sp³-hybridized carbons (Fsp3) is 0.333. The van der Waals surface area contributed by atoms with Gasteiger partial charge in [0.2, 0.25) is 5.82 Å². The van der Waals surface area contributed by atoms with Crippen LogP contribution in [-0.4, -0.2) is 41.3 Å². The molecule has 0 aromatic heterocycles. The van der Waals surface area contributed by atoms with Gasteiger partial charge in [-0.3, -0.25) is 0 Å². The molecule has 2 rings (SSSR count). The first-order valence-electron chi connectivity index (χ1n) is 9.18. The number of ether oxygens (including phenoxy) is 2. The number of esters is 1. The molecule has 0 fully saturated rings. The molecule has 0 bridgehead atoms. The molecule has 2 aromatic rings. The number of benzene rings is 2. The van der Waals surface area contributed by atoms with E-state index in [9.17, 15) is 36.6 Å². The molecule has 11 heteroatoms. The van der Waals surface area contributed by atoms with Gasteiger partial charge in [0.25, 0.3) is 0 Å². The maximum atomic E-state index is 13.7. The summed E-state index contributed by atoms with van der Waals surface area (Å²) >= 11 is 0. The third-order valence-electron chi connectivity index (χ3n) is 4.04. The SMILES string of the molecule is CN(CC(O)c1ccc(OC(=O)c2c(F)c(F)c(F)c(F)c2F)cc1)C(=O)OC(C)(C)C. The van der Waals surface area contributed by atoms with Gasteiger partial charge < -0.3 is 19.5 Å². The molecule has 2 aromatic carbocycles. The predicted octanol–water partition coefficient (Wildman–Crippen LogP) is 4.50. The molecule has 0 aliphatic heterocycles. The summed E-state index contributed by atoms with van der Waals surface area (Å²) in [6, 6.07) is 4.84. The van der Waals surface area contributed by atoms with Crippen LogP contribution in [0.3, 0.4) is 0 Å². The highest BCUT2D eigenvalue weighted by Gasteiger charge is 2.31. The van der Waals surface area contributed by atoms with Crippen molar-refractivity contribution in [2.24, 2.45) is 0 Å². The number of carbonyl (C=O) groups excluding carboxylic acids is 2. The molecular weight excluding hydrogens is 441 g/mol. The number of aliphatic hydroxyl groups excluding tert-OH is 1. The molecule has 0 aliphatic rings. The second kappa shape index (κ2) is 9.51. The summed E-state index contributed by atoms with van der Waals surface area (Å²) in [4.78, 5) is 25.1. The minimum absolute atomic E-state index is 0.140. The van der Waals surface area contributed by atoms with E-state index in [-0.39, 0.29) is 17.9 Å². The molecule has 174 valence electrons. The minimum Gasteiger partial charge on any atom is -0.444 e. The first-order valence-corrected chi connectivity index (χ1v) is 9.18. The molecule has 1 N–H and O–H groups in total. The lowest BCUT2D eigenvalue weighted by atomic mass is 10.1. The van der Waals surface area contributed by atoms with Crippen LogP contribution >= 0.6 is 0 Å². The molecule has 1 amide bonds. The second-order valence-electron chi connectivity index (χ2n) is 7.78. The number of aliphatic hydroxyl groups is 1. The molecule has 0 heterocycles. The summed E-state index contributed by atoms with van der Waals surface area (Å²) in [6.07, 6.45) is -1.82. The van der Waals surface area contributed by atoms with Crippen molar-refractivity contribution in [1.29, 1.82) is 0 Å². The van der Waals surface area contributed by atoms with E-state index in [1.807, 2.05) is 0 Å². The highest BCUT2D eigenvalue weighted by atomic mass is 19.2. The molecule has 0 saturated heterocycles. The van der Waals surface area contributed by atoms with Gasteiger partial charge in [0.05, 0.1) is 12.6 Å². The minimum atomic E-state index is -2.40. The Morgan fingerprint density at radius 1 is 0.938 bits per heavy atom. The van der Waals surface area contributed by atoms with E-state index < -0.39 is 58.4 Å². The molecule has 1 unspecified atom stereocenters. The number of halogens is 5. The van der Waals surface area contributed by atoms with Gasteiger partial charge in [-0.15, -0.1) is 0 Å². The van der Waals surface area contributed by atoms with Crippen molar-refractivity contribution in [3.05, 3.63) is 64.5 Å². The van der Waals surface area contributed by atoms with E-state index in [1.165, 1.54) is 19.2 Å². The maximum absolute atomic E-state index is 13.7. The molecule has 1 atom stereocenters. The fourth-order valence-corrected chi connectivity index (χ4v) is 2.48. The Kier molecular flexibility index (Phi) is 7.45. The van der Waals surface area contributed by atoms with E-state index in [4.69, 9.17) is 4.74 Å². The number of carbonyl (C=O) groups is 2. The summed E-state index contributed by atoms with van der Waals surface area (Å²) < 4.78 is 76.9. The number of likely N-dealkylation sites (N-methyl/N-ethyl adjacent to an activating group) is 1. The zero-order valence-electron chi connectivity index (χ0n) is 17.5. The van der Waals surface area contributed by atoms with Gasteiger partial charge >= 0.3 is 12.1 Å². The monoisotopic (exact) mass is 461 g/mol. The van der Waals surface area contributed by atoms with Crippen LogP contribution in [0, 0.1) is 29.1 Å². The Balaban J connectivity index is 2.10. The van der Waals surface area contributed by atoms with E-state index in [0.29, 0.717) is 0 Å². The van der Waals surface area contributed by atoms with Crippen molar-refractivity contribution in [2.45, 2.75) is 32.5 Å². The average molecular weight is 461 g/mol. The molecule has 0 saturated carbocycles. The van der Waals surface area contributed by atoms with Crippen molar-refractivity contribution in [3.63, 3.8) is 0 Å². The van der Waals surface area contributed by atoms with Crippen molar-refractivity contribution < 1.29 is 46.1 Å². The van der Waals surface area contributed by atoms with Crippen molar-refractivity contribution in [3.8, 4) is 5.75 Å². The third-order valence-corrected chi connectivity index (χ3v) is 4.04. The second-order valence-corrected chi connectivity index (χ2v) is 7.78. The van der Waals surface area contributed by atoms with E-state index in [0.717, 1.165) is 17.0 Å². The zero-order valence-corrected chi connectivity index (χ0v) is 17.5. The standard InChI is InChI=1S/C21H20F5NO5/c1-21(2,3)32-20(30)27(4)9-12(28)10-5-7-11(8-6-10)31-19(29)13-14(22)16(24)18(26)17(25)15(13)23/h5-8,12,28H,9H2,1-4H3. The molecule has 32 heavy (non-hydrogen) atoms. The van der Waals surface area contributed by atoms with E-state index >= 15 is 0 Å². The van der Waals surface area contributed by atoms with E-state index in [2.05, 4.69) is 4.74 Å². The van der Waals surface area contributed by atoms with Gasteiger partial charge in [0.15, 0.2) is 23.3 Å². The van der Waals surface area contributed by atoms with Gasteiger partial charge in [-0.2, -0.15) is 0 Å². The van der Waals surface area contributed by atoms with Gasteiger partial charge in [-0.1, -0.05) is 12.1 Å². The Labute approximate surface area is 180 Å². The number of rotatable bonds is 5. The van der Waals surface area contributed by atoms with Crippen LogP contribution < -0.4 is 4.74 Å². The highest BCUT2D eigenvalue weighted by molar-refractivity contribution is 5.91. The van der Waals surface area contributed by atoms with Crippen LogP contribution in [0.25, 0.3) is 0 Å². The van der Waals surface area contributed by atoms with E-state index in [1.54, 1.807) is 20.8 Å². The van der Waals surface area contributed by atoms with Crippen molar-refractivity contribution in [2.75, 3.05) is 13.6 Å². The largest absolute Gasteiger partial charge is 0.444 e. The summed E-state index contributed by atoms with van der Waals surface area (Å²) in [5.74, 6) is -13.7. The lowest BCUT2D eigenvalue weighted by Gasteiger charge is -2.26. The van der Waals surface area contributed by atoms with Gasteiger partial charge in [-0.05, 0) is 38.5 Å². The van der Waals surface area contributed by atoms with Crippen LogP contribution in [0.15, 0.2) is 24.3 Å². The van der Waals surface area contributed by atoms with Crippen LogP contribution in [0.4, 0.5) is 26.7 Å². The molecule has 0 aliphatic carbocycles. The van der Waals surface area contributed by atoms with Crippen LogP contribution in [0.5, 0.6) is 5.75 Å². The lowest BCUT2D eigenvalue weighted by molar-refractivity contribution is 0.0205. The number of hydrogen-bond donors (Lipinski definition) is 1. The van der Waals surface area contributed by atoms with Crippen LogP contribution in [0.1, 0.15) is 42.8 Å². The molecule has 0 spiro atoms.